The van der Waals surface area contributed by atoms with Crippen LogP contribution in [0.1, 0.15) is 18.4 Å². The van der Waals surface area contributed by atoms with Crippen LogP contribution < -0.4 is 4.74 Å². The van der Waals surface area contributed by atoms with E-state index in [0.717, 1.165) is 5.56 Å². The molecule has 0 fully saturated rings. The van der Waals surface area contributed by atoms with Gasteiger partial charge in [0.25, 0.3) is 0 Å². The number of unbranched alkanes of at least 4 members (excludes halogenated alkanes) is 1. The first-order chi connectivity index (χ1) is 7.27. The van der Waals surface area contributed by atoms with Crippen LogP contribution in [0.2, 0.25) is 5.02 Å². The van der Waals surface area contributed by atoms with Gasteiger partial charge in [0.2, 0.25) is 0 Å². The quantitative estimate of drug-likeness (QED) is 0.784. The van der Waals surface area contributed by atoms with Gasteiger partial charge in [0.1, 0.15) is 5.75 Å². The van der Waals surface area contributed by atoms with Crippen LogP contribution in [0.4, 0.5) is 0 Å². The van der Waals surface area contributed by atoms with E-state index in [9.17, 15) is 0 Å². The maximum atomic E-state index is 8.86. The zero-order chi connectivity index (χ0) is 11.1. The summed E-state index contributed by atoms with van der Waals surface area (Å²) in [6.45, 7) is 0.445. The van der Waals surface area contributed by atoms with Crippen molar-refractivity contribution < 1.29 is 9.84 Å². The van der Waals surface area contributed by atoms with Crippen LogP contribution >= 0.6 is 11.6 Å². The summed E-state index contributed by atoms with van der Waals surface area (Å²) in [4.78, 5) is 0. The predicted octanol–water partition coefficient (Wildman–Crippen LogP) is 2.51. The summed E-state index contributed by atoms with van der Waals surface area (Å²) in [7, 11) is 0. The van der Waals surface area contributed by atoms with Crippen molar-refractivity contribution in [3.63, 3.8) is 0 Å². The SMILES string of the molecule is N#CCCCOc1ccc(CO)cc1Cl. The lowest BCUT2D eigenvalue weighted by Gasteiger charge is -2.07. The van der Waals surface area contributed by atoms with Gasteiger partial charge in [-0.3, -0.25) is 0 Å². The zero-order valence-electron chi connectivity index (χ0n) is 8.24. The minimum absolute atomic E-state index is 0.0333. The lowest BCUT2D eigenvalue weighted by Crippen LogP contribution is -1.97. The van der Waals surface area contributed by atoms with Crippen molar-refractivity contribution in [2.24, 2.45) is 0 Å². The molecule has 0 bridgehead atoms. The molecule has 0 saturated carbocycles. The molecule has 0 aliphatic carbocycles. The molecule has 4 heteroatoms. The highest BCUT2D eigenvalue weighted by Crippen LogP contribution is 2.25. The lowest BCUT2D eigenvalue weighted by atomic mass is 10.2. The number of benzene rings is 1. The molecule has 0 radical (unpaired) electrons. The van der Waals surface area contributed by atoms with E-state index < -0.39 is 0 Å². The topological polar surface area (TPSA) is 53.2 Å². The van der Waals surface area contributed by atoms with Crippen LogP contribution in [0.25, 0.3) is 0 Å². The third-order valence-electron chi connectivity index (χ3n) is 1.87. The van der Waals surface area contributed by atoms with E-state index in [4.69, 9.17) is 26.7 Å². The van der Waals surface area contributed by atoms with Gasteiger partial charge in [-0.15, -0.1) is 0 Å². The molecule has 1 rings (SSSR count). The van der Waals surface area contributed by atoms with E-state index in [1.807, 2.05) is 6.07 Å². The number of aliphatic hydroxyl groups is 1. The van der Waals surface area contributed by atoms with Crippen molar-refractivity contribution in [3.05, 3.63) is 28.8 Å². The molecule has 1 aromatic carbocycles. The standard InChI is InChI=1S/C11H12ClNO2/c12-10-7-9(8-14)3-4-11(10)15-6-2-1-5-13/h3-4,7,14H,1-2,6,8H2. The molecule has 0 aromatic heterocycles. The van der Waals surface area contributed by atoms with Crippen molar-refractivity contribution in [1.82, 2.24) is 0 Å². The van der Waals surface area contributed by atoms with Crippen LogP contribution in [0.15, 0.2) is 18.2 Å². The van der Waals surface area contributed by atoms with Crippen LogP contribution in [0.3, 0.4) is 0 Å². The van der Waals surface area contributed by atoms with Crippen LogP contribution in [0.5, 0.6) is 5.75 Å². The predicted molar refractivity (Wildman–Crippen MR) is 57.7 cm³/mol. The molecule has 15 heavy (non-hydrogen) atoms. The molecular formula is C11H12ClNO2. The Bertz CT molecular complexity index is 360. The molecule has 1 N–H and O–H groups in total. The third-order valence-corrected chi connectivity index (χ3v) is 2.16. The number of rotatable bonds is 5. The summed E-state index contributed by atoms with van der Waals surface area (Å²) in [5, 5.41) is 17.7. The number of nitrogens with zero attached hydrogens (tertiary/aromatic N) is 1. The Morgan fingerprint density at radius 2 is 2.27 bits per heavy atom. The van der Waals surface area contributed by atoms with Crippen molar-refractivity contribution in [1.29, 1.82) is 5.26 Å². The summed E-state index contributed by atoms with van der Waals surface area (Å²) in [5.41, 5.74) is 0.754. The fourth-order valence-corrected chi connectivity index (χ4v) is 1.35. The average molecular weight is 226 g/mol. The first kappa shape index (κ1) is 11.8. The highest BCUT2D eigenvalue weighted by molar-refractivity contribution is 6.32. The van der Waals surface area contributed by atoms with Gasteiger partial charge in [0.05, 0.1) is 24.3 Å². The first-order valence-electron chi connectivity index (χ1n) is 4.67. The van der Waals surface area contributed by atoms with E-state index in [1.165, 1.54) is 0 Å². The van der Waals surface area contributed by atoms with Gasteiger partial charge in [-0.05, 0) is 24.1 Å². The second-order valence-electron chi connectivity index (χ2n) is 3.03. The molecule has 0 atom stereocenters. The van der Waals surface area contributed by atoms with Gasteiger partial charge in [-0.25, -0.2) is 0 Å². The van der Waals surface area contributed by atoms with Gasteiger partial charge in [-0.2, -0.15) is 5.26 Å². The Hall–Kier alpha value is -1.24. The van der Waals surface area contributed by atoms with Crippen LogP contribution in [-0.2, 0) is 6.61 Å². The number of aliphatic hydroxyl groups excluding tert-OH is 1. The Labute approximate surface area is 93.9 Å². The summed E-state index contributed by atoms with van der Waals surface area (Å²) in [6.07, 6.45) is 1.17. The molecule has 0 spiro atoms. The van der Waals surface area contributed by atoms with Crippen molar-refractivity contribution in [2.45, 2.75) is 19.4 Å². The molecule has 0 saturated heterocycles. The second kappa shape index (κ2) is 6.28. The lowest BCUT2D eigenvalue weighted by molar-refractivity contribution is 0.281. The van der Waals surface area contributed by atoms with Crippen LogP contribution in [-0.4, -0.2) is 11.7 Å². The molecule has 0 aliphatic rings. The number of ether oxygens (including phenoxy) is 1. The van der Waals surface area contributed by atoms with E-state index in [-0.39, 0.29) is 6.61 Å². The Kier molecular flexibility index (Phi) is 4.96. The van der Waals surface area contributed by atoms with Gasteiger partial charge >= 0.3 is 0 Å². The smallest absolute Gasteiger partial charge is 0.137 e. The summed E-state index contributed by atoms with van der Waals surface area (Å²) in [6, 6.07) is 7.19. The molecule has 1 aromatic rings. The van der Waals surface area contributed by atoms with E-state index in [0.29, 0.717) is 30.2 Å². The summed E-state index contributed by atoms with van der Waals surface area (Å²) >= 11 is 5.92. The molecule has 0 aliphatic heterocycles. The fraction of sp³-hybridized carbons (Fsp3) is 0.364. The molecular weight excluding hydrogens is 214 g/mol. The van der Waals surface area contributed by atoms with Crippen LogP contribution in [0, 0.1) is 11.3 Å². The van der Waals surface area contributed by atoms with Gasteiger partial charge in [0.15, 0.2) is 0 Å². The Balaban J connectivity index is 2.51. The zero-order valence-corrected chi connectivity index (χ0v) is 9.00. The molecule has 3 nitrogen and oxygen atoms in total. The minimum Gasteiger partial charge on any atom is -0.492 e. The van der Waals surface area contributed by atoms with Crippen molar-refractivity contribution in [3.8, 4) is 11.8 Å². The van der Waals surface area contributed by atoms with Crippen molar-refractivity contribution >= 4 is 11.6 Å². The molecule has 0 heterocycles. The molecule has 80 valence electrons. The van der Waals surface area contributed by atoms with E-state index >= 15 is 0 Å². The van der Waals surface area contributed by atoms with Gasteiger partial charge < -0.3 is 9.84 Å². The number of nitriles is 1. The number of halogens is 1. The van der Waals surface area contributed by atoms with Gasteiger partial charge in [0, 0.05) is 6.42 Å². The van der Waals surface area contributed by atoms with E-state index in [1.54, 1.807) is 18.2 Å². The highest BCUT2D eigenvalue weighted by Gasteiger charge is 2.02. The minimum atomic E-state index is -0.0333. The highest BCUT2D eigenvalue weighted by atomic mass is 35.5. The normalized spacial score (nSPS) is 9.67. The largest absolute Gasteiger partial charge is 0.492 e. The second-order valence-corrected chi connectivity index (χ2v) is 3.44. The maximum absolute atomic E-state index is 8.86. The average Bonchev–Trinajstić information content (AvgIpc) is 2.26. The molecule has 0 unspecified atom stereocenters. The summed E-state index contributed by atoms with van der Waals surface area (Å²) in [5.74, 6) is 0.590. The summed E-state index contributed by atoms with van der Waals surface area (Å²) < 4.78 is 5.37. The molecule has 0 amide bonds. The third kappa shape index (κ3) is 3.78. The monoisotopic (exact) mass is 225 g/mol. The number of hydrogen-bond acceptors (Lipinski definition) is 3. The Morgan fingerprint density at radius 3 is 2.87 bits per heavy atom. The van der Waals surface area contributed by atoms with Gasteiger partial charge in [-0.1, -0.05) is 17.7 Å². The van der Waals surface area contributed by atoms with E-state index in [2.05, 4.69) is 0 Å². The van der Waals surface area contributed by atoms with Crippen molar-refractivity contribution in [2.75, 3.05) is 6.61 Å². The maximum Gasteiger partial charge on any atom is 0.137 e. The Morgan fingerprint density at radius 1 is 1.47 bits per heavy atom. The first-order valence-corrected chi connectivity index (χ1v) is 5.04. The fourth-order valence-electron chi connectivity index (χ4n) is 1.09. The number of hydrogen-bond donors (Lipinski definition) is 1.